The zero-order valence-electron chi connectivity index (χ0n) is 29.9. The Labute approximate surface area is 312 Å². The van der Waals surface area contributed by atoms with Crippen molar-refractivity contribution in [3.63, 3.8) is 0 Å². The van der Waals surface area contributed by atoms with Gasteiger partial charge in [0.15, 0.2) is 0 Å². The van der Waals surface area contributed by atoms with Gasteiger partial charge < -0.3 is 5.73 Å². The molecule has 254 valence electrons. The summed E-state index contributed by atoms with van der Waals surface area (Å²) >= 11 is 0. The summed E-state index contributed by atoms with van der Waals surface area (Å²) in [5, 5.41) is 4.89. The highest BCUT2D eigenvalue weighted by molar-refractivity contribution is 6.18. The predicted octanol–water partition coefficient (Wildman–Crippen LogP) is 13.1. The van der Waals surface area contributed by atoms with E-state index in [1.54, 1.807) is 6.08 Å². The number of para-hydroxylation sites is 1. The second kappa shape index (κ2) is 14.5. The topological polar surface area (TPSA) is 26.0 Å². The van der Waals surface area contributed by atoms with Gasteiger partial charge >= 0.3 is 0 Å². The molecule has 1 nitrogen and oxygen atoms in total. The summed E-state index contributed by atoms with van der Waals surface area (Å²) in [6.07, 6.45) is 29.9. The van der Waals surface area contributed by atoms with E-state index in [4.69, 9.17) is 5.73 Å². The van der Waals surface area contributed by atoms with Crippen molar-refractivity contribution in [3.8, 4) is 0 Å². The quantitative estimate of drug-likeness (QED) is 0.106. The van der Waals surface area contributed by atoms with Gasteiger partial charge in [-0.05, 0) is 84.6 Å². The first kappa shape index (κ1) is 33.4. The van der Waals surface area contributed by atoms with Crippen molar-refractivity contribution in [1.82, 2.24) is 0 Å². The Morgan fingerprint density at radius 3 is 2.06 bits per heavy atom. The molecule has 53 heavy (non-hydrogen) atoms. The zero-order valence-corrected chi connectivity index (χ0v) is 29.9. The van der Waals surface area contributed by atoms with Crippen LogP contribution < -0.4 is 5.73 Å². The van der Waals surface area contributed by atoms with Gasteiger partial charge in [0.2, 0.25) is 0 Å². The first-order valence-corrected chi connectivity index (χ1v) is 18.2. The average Bonchev–Trinajstić information content (AvgIpc) is 3.47. The van der Waals surface area contributed by atoms with Crippen LogP contribution in [0.4, 0.5) is 5.69 Å². The van der Waals surface area contributed by atoms with Crippen LogP contribution in [-0.2, 0) is 5.41 Å². The van der Waals surface area contributed by atoms with Gasteiger partial charge in [-0.15, -0.1) is 0 Å². The standard InChI is InChI=1S/C52H41N/c1-3-4-5-7-24-39-25-11-16-32-46(39)52(48-34-18-19-35-49(48)53)47-33-17-10-23-38(40-26-20-21-37(2)36-40)22-8-6-9-31-45(47)50-43-29-14-12-27-41(43)42-28-13-15-30-44(42)51(50)52/h3-36H,1,53H2,2H3/b5-4-,8-6?,9-6?,17-10?,22-8?,23-10?,24-7-,31-9?,33-17?,38-22?,38-23?,45-31?,47-33?. The third-order valence-electron chi connectivity index (χ3n) is 10.4. The molecule has 1 unspecified atom stereocenters. The van der Waals surface area contributed by atoms with Crippen molar-refractivity contribution < 1.29 is 0 Å². The number of aryl methyl sites for hydroxylation is 1. The number of anilines is 1. The number of hydrogen-bond donors (Lipinski definition) is 1. The molecule has 0 aliphatic heterocycles. The van der Waals surface area contributed by atoms with Gasteiger partial charge in [-0.25, -0.2) is 0 Å². The van der Waals surface area contributed by atoms with Crippen LogP contribution in [0.1, 0.15) is 38.9 Å². The molecule has 0 radical (unpaired) electrons. The van der Waals surface area contributed by atoms with Gasteiger partial charge in [0.05, 0.1) is 5.41 Å². The lowest BCUT2D eigenvalue weighted by molar-refractivity contribution is 0.770. The smallest absolute Gasteiger partial charge is 0.0745 e. The summed E-state index contributed by atoms with van der Waals surface area (Å²) in [7, 11) is 0. The van der Waals surface area contributed by atoms with Crippen LogP contribution >= 0.6 is 0 Å². The SMILES string of the molecule is C=C/C=C\C=C/c1ccccc1C1(c2ccccc2N)C2=C(C=CC=CC=C(c3cccc(C)c3)C=CC=C2)c2c1c1ccccc1c1ccccc21. The largest absolute Gasteiger partial charge is 0.398 e. The number of nitrogens with two attached hydrogens (primary N) is 1. The lowest BCUT2D eigenvalue weighted by Crippen LogP contribution is -2.31. The summed E-state index contributed by atoms with van der Waals surface area (Å²) in [6, 6.07) is 43.6. The lowest BCUT2D eigenvalue weighted by atomic mass is 9.63. The molecule has 0 heterocycles. The van der Waals surface area contributed by atoms with E-state index in [0.29, 0.717) is 0 Å². The van der Waals surface area contributed by atoms with Crippen LogP contribution in [0.5, 0.6) is 0 Å². The van der Waals surface area contributed by atoms with Crippen LogP contribution in [0.3, 0.4) is 0 Å². The van der Waals surface area contributed by atoms with Gasteiger partial charge in [-0.3, -0.25) is 0 Å². The van der Waals surface area contributed by atoms with Crippen LogP contribution in [0.15, 0.2) is 212 Å². The van der Waals surface area contributed by atoms with Crippen LogP contribution in [0.25, 0.3) is 38.8 Å². The second-order valence-corrected chi connectivity index (χ2v) is 13.5. The Kier molecular flexibility index (Phi) is 9.15. The minimum Gasteiger partial charge on any atom is -0.398 e. The van der Waals surface area contributed by atoms with Crippen LogP contribution in [-0.4, -0.2) is 0 Å². The Morgan fingerprint density at radius 2 is 1.26 bits per heavy atom. The molecular weight excluding hydrogens is 639 g/mol. The third kappa shape index (κ3) is 5.87. The summed E-state index contributed by atoms with van der Waals surface area (Å²) < 4.78 is 0. The van der Waals surface area contributed by atoms with Gasteiger partial charge in [0.25, 0.3) is 0 Å². The molecule has 1 atom stereocenters. The summed E-state index contributed by atoms with van der Waals surface area (Å²) in [5.41, 5.74) is 18.9. The normalized spacial score (nSPS) is 17.0. The number of rotatable bonds is 6. The second-order valence-electron chi connectivity index (χ2n) is 13.5. The molecule has 1 heteroatoms. The molecule has 6 aromatic carbocycles. The van der Waals surface area contributed by atoms with Crippen LogP contribution in [0, 0.1) is 6.92 Å². The van der Waals surface area contributed by atoms with Crippen molar-refractivity contribution >= 4 is 44.5 Å². The number of nitrogen functional groups attached to an aromatic ring is 1. The fourth-order valence-electron chi connectivity index (χ4n) is 8.26. The Balaban J connectivity index is 1.53. The Morgan fingerprint density at radius 1 is 0.585 bits per heavy atom. The summed E-state index contributed by atoms with van der Waals surface area (Å²) in [6.45, 7) is 6.01. The Hall–Kier alpha value is -6.70. The molecule has 0 spiro atoms. The highest BCUT2D eigenvalue weighted by atomic mass is 14.6. The maximum absolute atomic E-state index is 7.18. The monoisotopic (exact) mass is 679 g/mol. The molecule has 0 saturated carbocycles. The van der Waals surface area contributed by atoms with Crippen LogP contribution in [0.2, 0.25) is 0 Å². The molecule has 0 saturated heterocycles. The lowest BCUT2D eigenvalue weighted by Gasteiger charge is -2.37. The first-order chi connectivity index (χ1) is 26.1. The maximum atomic E-state index is 7.18. The highest BCUT2D eigenvalue weighted by Gasteiger charge is 2.50. The van der Waals surface area contributed by atoms with Crippen molar-refractivity contribution in [2.45, 2.75) is 12.3 Å². The number of hydrogen-bond acceptors (Lipinski definition) is 1. The molecule has 8 rings (SSSR count). The van der Waals surface area contributed by atoms with Crippen molar-refractivity contribution in [2.24, 2.45) is 0 Å². The molecular formula is C52H41N. The molecule has 2 aliphatic rings. The van der Waals surface area contributed by atoms with E-state index in [1.165, 1.54) is 54.9 Å². The van der Waals surface area contributed by atoms with Gasteiger partial charge in [0.1, 0.15) is 0 Å². The maximum Gasteiger partial charge on any atom is 0.0745 e. The molecule has 2 N–H and O–H groups in total. The fourth-order valence-corrected chi connectivity index (χ4v) is 8.26. The van der Waals surface area contributed by atoms with E-state index in [0.717, 1.165) is 28.0 Å². The summed E-state index contributed by atoms with van der Waals surface area (Å²) in [4.78, 5) is 0. The fraction of sp³-hybridized carbons (Fsp3) is 0.0385. The number of fused-ring (bicyclic) bond motifs is 7. The number of allylic oxidation sites excluding steroid dienone is 16. The minimum atomic E-state index is -0.777. The van der Waals surface area contributed by atoms with E-state index in [2.05, 4.69) is 190 Å². The number of benzene rings is 6. The van der Waals surface area contributed by atoms with E-state index in [1.807, 2.05) is 24.3 Å². The predicted molar refractivity (Wildman–Crippen MR) is 230 cm³/mol. The zero-order chi connectivity index (χ0) is 36.2. The summed E-state index contributed by atoms with van der Waals surface area (Å²) in [5.74, 6) is 0. The van der Waals surface area contributed by atoms with Gasteiger partial charge in [0, 0.05) is 5.69 Å². The Bertz CT molecular complexity index is 2650. The van der Waals surface area contributed by atoms with Crippen molar-refractivity contribution in [1.29, 1.82) is 0 Å². The average molecular weight is 680 g/mol. The molecule has 0 amide bonds. The van der Waals surface area contributed by atoms with E-state index >= 15 is 0 Å². The minimum absolute atomic E-state index is 0.748. The molecule has 0 fully saturated rings. The van der Waals surface area contributed by atoms with Crippen molar-refractivity contribution in [3.05, 3.63) is 251 Å². The van der Waals surface area contributed by atoms with E-state index < -0.39 is 5.41 Å². The van der Waals surface area contributed by atoms with E-state index in [-0.39, 0.29) is 0 Å². The van der Waals surface area contributed by atoms with E-state index in [9.17, 15) is 0 Å². The van der Waals surface area contributed by atoms with Gasteiger partial charge in [-0.1, -0.05) is 212 Å². The molecule has 0 bridgehead atoms. The highest BCUT2D eigenvalue weighted by Crippen LogP contribution is 2.60. The van der Waals surface area contributed by atoms with Crippen molar-refractivity contribution in [2.75, 3.05) is 5.73 Å². The molecule has 0 aromatic heterocycles. The first-order valence-electron chi connectivity index (χ1n) is 18.2. The molecule has 2 aliphatic carbocycles. The third-order valence-corrected chi connectivity index (χ3v) is 10.4. The van der Waals surface area contributed by atoms with Gasteiger partial charge in [-0.2, -0.15) is 0 Å². The molecule has 6 aromatic rings.